The quantitative estimate of drug-likeness (QED) is 0.879. The first kappa shape index (κ1) is 15.5. The molecule has 1 heterocycles. The molecule has 2 aromatic rings. The fourth-order valence-corrected chi connectivity index (χ4v) is 3.52. The summed E-state index contributed by atoms with van der Waals surface area (Å²) in [5.41, 5.74) is 1.36. The summed E-state index contributed by atoms with van der Waals surface area (Å²) in [5, 5.41) is 13.0. The van der Waals surface area contributed by atoms with Crippen LogP contribution in [0.1, 0.15) is 26.0 Å². The van der Waals surface area contributed by atoms with Gasteiger partial charge < -0.3 is 5.11 Å². The Morgan fingerprint density at radius 1 is 1.38 bits per heavy atom. The van der Waals surface area contributed by atoms with Crippen molar-refractivity contribution in [2.24, 2.45) is 0 Å². The van der Waals surface area contributed by atoms with Gasteiger partial charge in [0.05, 0.1) is 28.6 Å². The third-order valence-electron chi connectivity index (χ3n) is 3.45. The molecule has 0 aliphatic heterocycles. The molecule has 0 fully saturated rings. The predicted molar refractivity (Wildman–Crippen MR) is 79.7 cm³/mol. The van der Waals surface area contributed by atoms with Gasteiger partial charge in [0.25, 0.3) is 0 Å². The number of benzene rings is 1. The van der Waals surface area contributed by atoms with E-state index in [-0.39, 0.29) is 5.75 Å². The molecule has 0 amide bonds. The molecule has 0 spiro atoms. The lowest BCUT2D eigenvalue weighted by Crippen LogP contribution is -2.23. The topological polar surface area (TPSA) is 89.3 Å². The minimum absolute atomic E-state index is 0.241. The average molecular weight is 310 g/mol. The van der Waals surface area contributed by atoms with Crippen molar-refractivity contribution in [3.8, 4) is 0 Å². The summed E-state index contributed by atoms with van der Waals surface area (Å²) in [7, 11) is -3.55. The third kappa shape index (κ3) is 3.24. The zero-order chi connectivity index (χ0) is 15.6. The van der Waals surface area contributed by atoms with Gasteiger partial charge in [-0.15, -0.1) is 0 Å². The standard InChI is InChI=1S/C14H18N2O4S/c1-3-16-13-7-5-4-6-11(13)12(15-16)9-21(19,20)10(2)8-14(17)18/h4-7,10H,3,8-9H2,1-2H3,(H,17,18). The second-order valence-corrected chi connectivity index (χ2v) is 7.41. The molecular weight excluding hydrogens is 292 g/mol. The molecule has 0 aliphatic carbocycles. The van der Waals surface area contributed by atoms with Crippen LogP contribution in [0, 0.1) is 0 Å². The van der Waals surface area contributed by atoms with Crippen molar-refractivity contribution in [2.45, 2.75) is 37.8 Å². The molecule has 0 bridgehead atoms. The summed E-state index contributed by atoms with van der Waals surface area (Å²) in [6.07, 6.45) is -0.394. The molecule has 6 nitrogen and oxygen atoms in total. The minimum atomic E-state index is -3.55. The van der Waals surface area contributed by atoms with Crippen LogP contribution in [0.2, 0.25) is 0 Å². The van der Waals surface area contributed by atoms with E-state index in [0.717, 1.165) is 10.9 Å². The fourth-order valence-electron chi connectivity index (χ4n) is 2.25. The molecular formula is C14H18N2O4S. The lowest BCUT2D eigenvalue weighted by atomic mass is 10.2. The van der Waals surface area contributed by atoms with E-state index >= 15 is 0 Å². The number of hydrogen-bond acceptors (Lipinski definition) is 4. The lowest BCUT2D eigenvalue weighted by Gasteiger charge is -2.09. The van der Waals surface area contributed by atoms with E-state index < -0.39 is 27.5 Å². The van der Waals surface area contributed by atoms with Crippen LogP contribution in [0.4, 0.5) is 0 Å². The number of carboxylic acid groups (broad SMARTS) is 1. The molecule has 0 radical (unpaired) electrons. The molecule has 1 N–H and O–H groups in total. The van der Waals surface area contributed by atoms with Gasteiger partial charge >= 0.3 is 5.97 Å². The van der Waals surface area contributed by atoms with Gasteiger partial charge in [0.2, 0.25) is 0 Å². The number of nitrogens with zero attached hydrogens (tertiary/aromatic N) is 2. The third-order valence-corrected chi connectivity index (χ3v) is 5.52. The van der Waals surface area contributed by atoms with Gasteiger partial charge in [-0.2, -0.15) is 5.10 Å². The van der Waals surface area contributed by atoms with E-state index in [1.165, 1.54) is 6.92 Å². The average Bonchev–Trinajstić information content (AvgIpc) is 2.76. The van der Waals surface area contributed by atoms with E-state index in [1.807, 2.05) is 31.2 Å². The molecule has 2 rings (SSSR count). The molecule has 7 heteroatoms. The molecule has 1 aromatic carbocycles. The molecule has 21 heavy (non-hydrogen) atoms. The number of para-hydroxylation sites is 1. The van der Waals surface area contributed by atoms with E-state index in [9.17, 15) is 13.2 Å². The highest BCUT2D eigenvalue weighted by Gasteiger charge is 2.26. The SMILES string of the molecule is CCn1nc(CS(=O)(=O)C(C)CC(=O)O)c2ccccc21. The molecule has 114 valence electrons. The van der Waals surface area contributed by atoms with Gasteiger partial charge in [0.1, 0.15) is 0 Å². The summed E-state index contributed by atoms with van der Waals surface area (Å²) in [4.78, 5) is 10.7. The summed E-state index contributed by atoms with van der Waals surface area (Å²) >= 11 is 0. The van der Waals surface area contributed by atoms with Crippen LogP contribution < -0.4 is 0 Å². The highest BCUT2D eigenvalue weighted by Crippen LogP contribution is 2.22. The number of sulfone groups is 1. The first-order chi connectivity index (χ1) is 9.85. The Labute approximate surface area is 123 Å². The molecule has 0 aliphatic rings. The zero-order valence-electron chi connectivity index (χ0n) is 12.0. The van der Waals surface area contributed by atoms with Crippen molar-refractivity contribution in [3.05, 3.63) is 30.0 Å². The summed E-state index contributed by atoms with van der Waals surface area (Å²) in [5.74, 6) is -1.36. The van der Waals surface area contributed by atoms with Gasteiger partial charge in [-0.25, -0.2) is 8.42 Å². The Morgan fingerprint density at radius 2 is 2.05 bits per heavy atom. The van der Waals surface area contributed by atoms with Crippen LogP contribution in [0.25, 0.3) is 10.9 Å². The maximum atomic E-state index is 12.3. The number of carbonyl (C=O) groups is 1. The number of aryl methyl sites for hydroxylation is 1. The van der Waals surface area contributed by atoms with E-state index in [0.29, 0.717) is 12.2 Å². The summed E-state index contributed by atoms with van der Waals surface area (Å²) < 4.78 is 26.3. The second-order valence-electron chi connectivity index (χ2n) is 5.00. The summed E-state index contributed by atoms with van der Waals surface area (Å²) in [6, 6.07) is 7.44. The Kier molecular flexibility index (Phi) is 4.32. The minimum Gasteiger partial charge on any atom is -0.481 e. The summed E-state index contributed by atoms with van der Waals surface area (Å²) in [6.45, 7) is 4.00. The maximum absolute atomic E-state index is 12.3. The smallest absolute Gasteiger partial charge is 0.304 e. The van der Waals surface area contributed by atoms with E-state index in [2.05, 4.69) is 5.10 Å². The number of rotatable bonds is 6. The Balaban J connectivity index is 2.37. The van der Waals surface area contributed by atoms with Crippen molar-refractivity contribution in [1.82, 2.24) is 9.78 Å². The first-order valence-electron chi connectivity index (χ1n) is 6.73. The predicted octanol–water partition coefficient (Wildman–Crippen LogP) is 1.83. The van der Waals surface area contributed by atoms with E-state index in [4.69, 9.17) is 5.11 Å². The van der Waals surface area contributed by atoms with Crippen LogP contribution in [0.5, 0.6) is 0 Å². The van der Waals surface area contributed by atoms with Gasteiger partial charge in [-0.1, -0.05) is 18.2 Å². The van der Waals surface area contributed by atoms with Crippen molar-refractivity contribution < 1.29 is 18.3 Å². The molecule has 1 unspecified atom stereocenters. The van der Waals surface area contributed by atoms with Crippen molar-refractivity contribution in [1.29, 1.82) is 0 Å². The van der Waals surface area contributed by atoms with Crippen molar-refractivity contribution in [3.63, 3.8) is 0 Å². The van der Waals surface area contributed by atoms with Crippen LogP contribution in [0.3, 0.4) is 0 Å². The van der Waals surface area contributed by atoms with Gasteiger partial charge in [0, 0.05) is 11.9 Å². The normalized spacial score (nSPS) is 13.4. The van der Waals surface area contributed by atoms with Crippen LogP contribution in [-0.4, -0.2) is 34.5 Å². The van der Waals surface area contributed by atoms with Crippen LogP contribution >= 0.6 is 0 Å². The van der Waals surface area contributed by atoms with Gasteiger partial charge in [-0.3, -0.25) is 9.48 Å². The lowest BCUT2D eigenvalue weighted by molar-refractivity contribution is -0.136. The van der Waals surface area contributed by atoms with Crippen LogP contribution in [-0.2, 0) is 26.9 Å². The number of fused-ring (bicyclic) bond motifs is 1. The molecule has 0 saturated heterocycles. The van der Waals surface area contributed by atoms with Crippen molar-refractivity contribution >= 4 is 26.7 Å². The fraction of sp³-hybridized carbons (Fsp3) is 0.429. The first-order valence-corrected chi connectivity index (χ1v) is 8.44. The Morgan fingerprint density at radius 3 is 2.67 bits per heavy atom. The van der Waals surface area contributed by atoms with Crippen LogP contribution in [0.15, 0.2) is 24.3 Å². The number of aliphatic carboxylic acids is 1. The molecule has 1 atom stereocenters. The second kappa shape index (κ2) is 5.85. The van der Waals surface area contributed by atoms with Crippen molar-refractivity contribution in [2.75, 3.05) is 0 Å². The van der Waals surface area contributed by atoms with E-state index in [1.54, 1.807) is 4.68 Å². The highest BCUT2D eigenvalue weighted by molar-refractivity contribution is 7.91. The highest BCUT2D eigenvalue weighted by atomic mass is 32.2. The van der Waals surface area contributed by atoms with Gasteiger partial charge in [-0.05, 0) is 19.9 Å². The Hall–Kier alpha value is -1.89. The van der Waals surface area contributed by atoms with Gasteiger partial charge in [0.15, 0.2) is 9.84 Å². The maximum Gasteiger partial charge on any atom is 0.304 e. The monoisotopic (exact) mass is 310 g/mol. The number of hydrogen-bond donors (Lipinski definition) is 1. The molecule has 1 aromatic heterocycles. The Bertz CT molecular complexity index is 764. The zero-order valence-corrected chi connectivity index (χ0v) is 12.8. The molecule has 0 saturated carbocycles. The number of aromatic nitrogens is 2. The largest absolute Gasteiger partial charge is 0.481 e. The number of carboxylic acids is 1.